The van der Waals surface area contributed by atoms with Gasteiger partial charge in [0.1, 0.15) is 0 Å². The number of aryl methyl sites for hydroxylation is 3. The number of amides is 1. The number of hydrogen-bond donors (Lipinski definition) is 1. The molecule has 134 valence electrons. The Labute approximate surface area is 148 Å². The topological polar surface area (TPSA) is 41.6 Å². The summed E-state index contributed by atoms with van der Waals surface area (Å²) in [4.78, 5) is 14.2. The van der Waals surface area contributed by atoms with Gasteiger partial charge in [-0.25, -0.2) is 4.39 Å². The summed E-state index contributed by atoms with van der Waals surface area (Å²) in [5, 5.41) is 2.98. The Balaban J connectivity index is 1.97. The third kappa shape index (κ3) is 5.03. The van der Waals surface area contributed by atoms with E-state index in [0.717, 1.165) is 22.4 Å². The molecule has 1 N–H and O–H groups in total. The van der Waals surface area contributed by atoms with Crippen molar-refractivity contribution in [3.63, 3.8) is 0 Å². The summed E-state index contributed by atoms with van der Waals surface area (Å²) in [6, 6.07) is 8.92. The van der Waals surface area contributed by atoms with Gasteiger partial charge in [0.25, 0.3) is 0 Å². The highest BCUT2D eigenvalue weighted by Gasteiger charge is 2.12. The van der Waals surface area contributed by atoms with Gasteiger partial charge in [-0.05, 0) is 56.6 Å². The van der Waals surface area contributed by atoms with Crippen LogP contribution in [0.15, 0.2) is 30.3 Å². The molecule has 0 aromatic heterocycles. The fraction of sp³-hybridized carbons (Fsp3) is 0.350. The highest BCUT2D eigenvalue weighted by molar-refractivity contribution is 5.93. The number of hydrogen-bond acceptors (Lipinski definition) is 3. The predicted octanol–water partition coefficient (Wildman–Crippen LogP) is 3.83. The average molecular weight is 344 g/mol. The quantitative estimate of drug-likeness (QED) is 0.866. The summed E-state index contributed by atoms with van der Waals surface area (Å²) in [5.74, 6) is -0.273. The van der Waals surface area contributed by atoms with Crippen LogP contribution in [0, 0.1) is 26.6 Å². The molecule has 2 rings (SSSR count). The monoisotopic (exact) mass is 344 g/mol. The van der Waals surface area contributed by atoms with Gasteiger partial charge < -0.3 is 10.1 Å². The van der Waals surface area contributed by atoms with E-state index in [2.05, 4.69) is 5.32 Å². The summed E-state index contributed by atoms with van der Waals surface area (Å²) in [5.41, 5.74) is 4.92. The van der Waals surface area contributed by atoms with Gasteiger partial charge >= 0.3 is 0 Å². The summed E-state index contributed by atoms with van der Waals surface area (Å²) in [6.07, 6.45) is 0. The number of benzene rings is 2. The summed E-state index contributed by atoms with van der Waals surface area (Å²) < 4.78 is 18.7. The van der Waals surface area contributed by atoms with Crippen LogP contribution in [0.4, 0.5) is 10.1 Å². The molecule has 5 heteroatoms. The third-order valence-electron chi connectivity index (χ3n) is 4.02. The Morgan fingerprint density at radius 3 is 2.36 bits per heavy atom. The van der Waals surface area contributed by atoms with E-state index < -0.39 is 5.82 Å². The molecule has 0 radical (unpaired) electrons. The van der Waals surface area contributed by atoms with Gasteiger partial charge in [-0.3, -0.25) is 9.69 Å². The molecule has 0 spiro atoms. The minimum absolute atomic E-state index is 0.0912. The predicted molar refractivity (Wildman–Crippen MR) is 98.6 cm³/mol. The zero-order chi connectivity index (χ0) is 18.6. The number of anilines is 1. The van der Waals surface area contributed by atoms with E-state index in [0.29, 0.717) is 6.54 Å². The molecule has 2 aromatic rings. The molecule has 1 amide bonds. The molecule has 2 aromatic carbocycles. The fourth-order valence-corrected chi connectivity index (χ4v) is 2.98. The van der Waals surface area contributed by atoms with E-state index >= 15 is 0 Å². The van der Waals surface area contributed by atoms with Crippen molar-refractivity contribution in [3.8, 4) is 5.75 Å². The van der Waals surface area contributed by atoms with Crippen LogP contribution in [0.25, 0.3) is 0 Å². The van der Waals surface area contributed by atoms with Crippen LogP contribution in [-0.4, -0.2) is 31.5 Å². The Bertz CT molecular complexity index is 751. The maximum absolute atomic E-state index is 13.7. The molecule has 0 atom stereocenters. The smallest absolute Gasteiger partial charge is 0.238 e. The minimum atomic E-state index is -0.399. The van der Waals surface area contributed by atoms with Gasteiger partial charge in [-0.2, -0.15) is 0 Å². The molecule has 0 aliphatic heterocycles. The van der Waals surface area contributed by atoms with Crippen molar-refractivity contribution >= 4 is 11.6 Å². The number of carbonyl (C=O) groups excluding carboxylic acids is 1. The van der Waals surface area contributed by atoms with E-state index in [4.69, 9.17) is 4.74 Å². The summed E-state index contributed by atoms with van der Waals surface area (Å²) in [7, 11) is 3.26. The highest BCUT2D eigenvalue weighted by atomic mass is 19.1. The first-order chi connectivity index (χ1) is 11.8. The van der Waals surface area contributed by atoms with Crippen molar-refractivity contribution in [1.29, 1.82) is 0 Å². The lowest BCUT2D eigenvalue weighted by atomic mass is 10.1. The second-order valence-electron chi connectivity index (χ2n) is 6.46. The van der Waals surface area contributed by atoms with Gasteiger partial charge in [-0.15, -0.1) is 0 Å². The van der Waals surface area contributed by atoms with Crippen LogP contribution >= 0.6 is 0 Å². The van der Waals surface area contributed by atoms with Gasteiger partial charge in [0, 0.05) is 12.2 Å². The van der Waals surface area contributed by atoms with Crippen LogP contribution in [0.3, 0.4) is 0 Å². The number of methoxy groups -OCH3 is 1. The zero-order valence-corrected chi connectivity index (χ0v) is 15.4. The number of nitrogens with zero attached hydrogens (tertiary/aromatic N) is 1. The summed E-state index contributed by atoms with van der Waals surface area (Å²) in [6.45, 7) is 6.70. The molecule has 0 aliphatic carbocycles. The molecule has 0 saturated heterocycles. The first-order valence-corrected chi connectivity index (χ1v) is 8.18. The maximum atomic E-state index is 13.7. The molecule has 0 aliphatic rings. The van der Waals surface area contributed by atoms with Crippen molar-refractivity contribution in [2.45, 2.75) is 27.3 Å². The molecule has 0 fully saturated rings. The zero-order valence-electron chi connectivity index (χ0n) is 15.4. The van der Waals surface area contributed by atoms with E-state index in [1.165, 1.54) is 18.7 Å². The van der Waals surface area contributed by atoms with E-state index in [9.17, 15) is 9.18 Å². The van der Waals surface area contributed by atoms with Crippen molar-refractivity contribution in [1.82, 2.24) is 4.90 Å². The lowest BCUT2D eigenvalue weighted by molar-refractivity contribution is -0.117. The number of halogens is 1. The molecule has 0 unspecified atom stereocenters. The molecule has 4 nitrogen and oxygen atoms in total. The molecule has 0 saturated carbocycles. The van der Waals surface area contributed by atoms with Crippen LogP contribution < -0.4 is 10.1 Å². The van der Waals surface area contributed by atoms with E-state index in [1.54, 1.807) is 12.1 Å². The first kappa shape index (κ1) is 18.9. The fourth-order valence-electron chi connectivity index (χ4n) is 2.98. The normalized spacial score (nSPS) is 10.8. The number of likely N-dealkylation sites (N-methyl/N-ethyl adjacent to an activating group) is 1. The second kappa shape index (κ2) is 8.12. The van der Waals surface area contributed by atoms with Crippen LogP contribution in [0.2, 0.25) is 0 Å². The Hall–Kier alpha value is -2.40. The average Bonchev–Trinajstić information content (AvgIpc) is 2.51. The molecule has 0 heterocycles. The molecule has 0 bridgehead atoms. The lowest BCUT2D eigenvalue weighted by Gasteiger charge is -2.18. The Kier molecular flexibility index (Phi) is 6.15. The van der Waals surface area contributed by atoms with Gasteiger partial charge in [0.15, 0.2) is 11.6 Å². The standard InChI is InChI=1S/C20H25FN2O2/c1-13-8-14(2)20(15(3)9-13)22-19(24)12-23(4)11-16-6-7-18(25-5)17(21)10-16/h6-10H,11-12H2,1-5H3,(H,22,24). The summed E-state index contributed by atoms with van der Waals surface area (Å²) >= 11 is 0. The van der Waals surface area contributed by atoms with Crippen molar-refractivity contribution in [2.24, 2.45) is 0 Å². The third-order valence-corrected chi connectivity index (χ3v) is 4.02. The van der Waals surface area contributed by atoms with Crippen molar-refractivity contribution in [3.05, 3.63) is 58.4 Å². The Morgan fingerprint density at radius 2 is 1.80 bits per heavy atom. The van der Waals surface area contributed by atoms with Crippen LogP contribution in [-0.2, 0) is 11.3 Å². The molecular formula is C20H25FN2O2. The second-order valence-corrected chi connectivity index (χ2v) is 6.46. The van der Waals surface area contributed by atoms with Gasteiger partial charge in [0.05, 0.1) is 13.7 Å². The highest BCUT2D eigenvalue weighted by Crippen LogP contribution is 2.22. The van der Waals surface area contributed by atoms with E-state index in [-0.39, 0.29) is 18.2 Å². The first-order valence-electron chi connectivity index (χ1n) is 8.18. The van der Waals surface area contributed by atoms with Crippen molar-refractivity contribution in [2.75, 3.05) is 26.0 Å². The SMILES string of the molecule is COc1ccc(CN(C)CC(=O)Nc2c(C)cc(C)cc2C)cc1F. The molecule has 25 heavy (non-hydrogen) atoms. The minimum Gasteiger partial charge on any atom is -0.494 e. The number of carbonyl (C=O) groups is 1. The number of nitrogens with one attached hydrogen (secondary N) is 1. The van der Waals surface area contributed by atoms with Crippen LogP contribution in [0.1, 0.15) is 22.3 Å². The van der Waals surface area contributed by atoms with Crippen molar-refractivity contribution < 1.29 is 13.9 Å². The Morgan fingerprint density at radius 1 is 1.16 bits per heavy atom. The number of ether oxygens (including phenoxy) is 1. The van der Waals surface area contributed by atoms with E-state index in [1.807, 2.05) is 44.9 Å². The number of rotatable bonds is 6. The maximum Gasteiger partial charge on any atom is 0.238 e. The van der Waals surface area contributed by atoms with Gasteiger partial charge in [-0.1, -0.05) is 23.8 Å². The largest absolute Gasteiger partial charge is 0.494 e. The lowest BCUT2D eigenvalue weighted by Crippen LogP contribution is -2.30. The molecular weight excluding hydrogens is 319 g/mol. The van der Waals surface area contributed by atoms with Crippen LogP contribution in [0.5, 0.6) is 5.75 Å². The van der Waals surface area contributed by atoms with Gasteiger partial charge in [0.2, 0.25) is 5.91 Å².